The minimum absolute atomic E-state index is 0.0339. The smallest absolute Gasteiger partial charge is 0.261 e. The zero-order chi connectivity index (χ0) is 29.3. The Labute approximate surface area is 238 Å². The first-order valence-electron chi connectivity index (χ1n) is 13.7. The van der Waals surface area contributed by atoms with Crippen LogP contribution in [-0.2, 0) is 14.8 Å². The highest BCUT2D eigenvalue weighted by Gasteiger charge is 2.30. The van der Waals surface area contributed by atoms with E-state index in [-0.39, 0.29) is 46.8 Å². The summed E-state index contributed by atoms with van der Waals surface area (Å²) in [5, 5.41) is 13.2. The predicted molar refractivity (Wildman–Crippen MR) is 155 cm³/mol. The first kappa shape index (κ1) is 31.7. The molecule has 0 bridgehead atoms. The number of ether oxygens (including phenoxy) is 3. The summed E-state index contributed by atoms with van der Waals surface area (Å²) in [5.74, 6) is 0.513. The number of benzene rings is 2. The van der Waals surface area contributed by atoms with E-state index in [1.807, 2.05) is 20.9 Å². The molecule has 0 saturated carbocycles. The van der Waals surface area contributed by atoms with Crippen LogP contribution in [0.2, 0.25) is 0 Å². The second-order valence-electron chi connectivity index (χ2n) is 10.3. The van der Waals surface area contributed by atoms with Gasteiger partial charge in [-0.25, -0.2) is 8.42 Å². The normalized spacial score (nSPS) is 22.0. The van der Waals surface area contributed by atoms with E-state index in [0.717, 1.165) is 19.3 Å². The van der Waals surface area contributed by atoms with Crippen LogP contribution in [0.1, 0.15) is 50.4 Å². The van der Waals surface area contributed by atoms with Gasteiger partial charge in [0.1, 0.15) is 11.5 Å². The summed E-state index contributed by atoms with van der Waals surface area (Å²) in [5.41, 5.74) is 0.443. The lowest BCUT2D eigenvalue weighted by atomic mass is 10.0. The third kappa shape index (κ3) is 8.33. The van der Waals surface area contributed by atoms with Crippen molar-refractivity contribution < 1.29 is 32.5 Å². The van der Waals surface area contributed by atoms with Crippen molar-refractivity contribution in [3.63, 3.8) is 0 Å². The maximum atomic E-state index is 14.1. The number of aliphatic hydroxyl groups excluding tert-OH is 1. The monoisotopic (exact) mass is 577 g/mol. The van der Waals surface area contributed by atoms with E-state index in [9.17, 15) is 18.3 Å². The first-order chi connectivity index (χ1) is 19.1. The molecule has 40 heavy (non-hydrogen) atoms. The van der Waals surface area contributed by atoms with E-state index in [1.165, 1.54) is 25.3 Å². The number of nitrogens with zero attached hydrogens (tertiary/aromatic N) is 1. The Hall–Kier alpha value is -2.86. The van der Waals surface area contributed by atoms with Gasteiger partial charge in [0.05, 0.1) is 42.4 Å². The van der Waals surface area contributed by atoms with E-state index >= 15 is 0 Å². The van der Waals surface area contributed by atoms with Gasteiger partial charge in [-0.15, -0.1) is 0 Å². The van der Waals surface area contributed by atoms with Crippen molar-refractivity contribution in [2.45, 2.75) is 63.2 Å². The summed E-state index contributed by atoms with van der Waals surface area (Å²) in [4.78, 5) is 15.7. The summed E-state index contributed by atoms with van der Waals surface area (Å²) in [6.07, 6.45) is 2.26. The number of likely N-dealkylation sites (N-methyl/N-ethyl adjacent to an activating group) is 1. The number of rotatable bonds is 8. The molecular formula is C29H43N3O7S. The Morgan fingerprint density at radius 2 is 1.88 bits per heavy atom. The molecular weight excluding hydrogens is 534 g/mol. The molecule has 11 heteroatoms. The zero-order valence-corrected chi connectivity index (χ0v) is 24.9. The Balaban J connectivity index is 2.01. The lowest BCUT2D eigenvalue weighted by molar-refractivity contribution is -0.000450. The number of nitrogens with one attached hydrogen (secondary N) is 2. The summed E-state index contributed by atoms with van der Waals surface area (Å²) < 4.78 is 46.3. The third-order valence-electron chi connectivity index (χ3n) is 7.08. The number of hydrogen-bond donors (Lipinski definition) is 3. The molecule has 0 aromatic heterocycles. The highest BCUT2D eigenvalue weighted by molar-refractivity contribution is 7.92. The van der Waals surface area contributed by atoms with Gasteiger partial charge in [-0.3, -0.25) is 9.52 Å². The van der Waals surface area contributed by atoms with Crippen molar-refractivity contribution in [2.24, 2.45) is 5.92 Å². The molecule has 0 spiro atoms. The average molecular weight is 578 g/mol. The molecule has 0 fully saturated rings. The Morgan fingerprint density at radius 3 is 2.52 bits per heavy atom. The van der Waals surface area contributed by atoms with Gasteiger partial charge >= 0.3 is 0 Å². The fourth-order valence-electron chi connectivity index (χ4n) is 4.65. The molecule has 0 aliphatic carbocycles. The molecule has 3 rings (SSSR count). The minimum Gasteiger partial charge on any atom is -0.497 e. The maximum Gasteiger partial charge on any atom is 0.261 e. The molecule has 0 saturated heterocycles. The fraction of sp³-hybridized carbons (Fsp3) is 0.552. The van der Waals surface area contributed by atoms with Crippen LogP contribution in [0.3, 0.4) is 0 Å². The summed E-state index contributed by atoms with van der Waals surface area (Å²) in [6, 6.07) is 10.3. The summed E-state index contributed by atoms with van der Waals surface area (Å²) >= 11 is 0. The van der Waals surface area contributed by atoms with E-state index < -0.39 is 16.1 Å². The molecule has 0 radical (unpaired) electrons. The van der Waals surface area contributed by atoms with Crippen molar-refractivity contribution in [3.8, 4) is 11.5 Å². The third-order valence-corrected chi connectivity index (χ3v) is 8.48. The fourth-order valence-corrected chi connectivity index (χ4v) is 5.70. The number of carbonyl (C=O) groups excluding carboxylic acids is 1. The van der Waals surface area contributed by atoms with Gasteiger partial charge in [-0.05, 0) is 82.6 Å². The molecule has 1 aliphatic heterocycles. The number of sulfonamides is 1. The van der Waals surface area contributed by atoms with Gasteiger partial charge in [0.25, 0.3) is 15.9 Å². The number of fused-ring (bicyclic) bond motifs is 1. The van der Waals surface area contributed by atoms with Gasteiger partial charge in [-0.1, -0.05) is 6.92 Å². The molecule has 2 aromatic rings. The number of hydrogen-bond acceptors (Lipinski definition) is 8. The number of aliphatic hydroxyl groups is 1. The minimum atomic E-state index is -3.93. The maximum absolute atomic E-state index is 14.1. The van der Waals surface area contributed by atoms with Gasteiger partial charge < -0.3 is 29.5 Å². The summed E-state index contributed by atoms with van der Waals surface area (Å²) in [6.45, 7) is 7.10. The number of carbonyl (C=O) groups is 1. The van der Waals surface area contributed by atoms with Crippen molar-refractivity contribution in [1.82, 2.24) is 10.2 Å². The van der Waals surface area contributed by atoms with Crippen molar-refractivity contribution >= 4 is 21.6 Å². The molecule has 0 unspecified atom stereocenters. The zero-order valence-electron chi connectivity index (χ0n) is 24.1. The van der Waals surface area contributed by atoms with Gasteiger partial charge in [0, 0.05) is 31.3 Å². The van der Waals surface area contributed by atoms with Crippen LogP contribution in [0.25, 0.3) is 0 Å². The Morgan fingerprint density at radius 1 is 1.15 bits per heavy atom. The standard InChI is InChI=1S/C29H43N3O7S/c1-20-18-32(21(2)19-33)29(34)26-16-23(31-40(35,36)25-12-10-24(37-5)11-13-25)9-14-27(26)39-22(3)8-6-7-15-38-28(20)17-30-4/h9-14,16,20-22,28,30-31,33H,6-8,15,17-19H2,1-5H3/t20-,21+,22-,28+/m0/s1. The second-order valence-corrected chi connectivity index (χ2v) is 12.0. The van der Waals surface area contributed by atoms with E-state index in [0.29, 0.717) is 31.2 Å². The highest BCUT2D eigenvalue weighted by Crippen LogP contribution is 2.29. The van der Waals surface area contributed by atoms with Crippen LogP contribution in [0.5, 0.6) is 11.5 Å². The SMILES string of the molecule is CNC[C@H]1OCCCC[C@H](C)Oc2ccc(NS(=O)(=O)c3ccc(OC)cc3)cc2C(=O)N([C@H](C)CO)C[C@@H]1C. The topological polar surface area (TPSA) is 126 Å². The first-order valence-corrected chi connectivity index (χ1v) is 15.2. The van der Waals surface area contributed by atoms with E-state index in [2.05, 4.69) is 10.0 Å². The van der Waals surface area contributed by atoms with Crippen LogP contribution >= 0.6 is 0 Å². The van der Waals surface area contributed by atoms with E-state index in [1.54, 1.807) is 36.1 Å². The van der Waals surface area contributed by atoms with Crippen LogP contribution in [-0.4, -0.2) is 83.0 Å². The molecule has 1 heterocycles. The van der Waals surface area contributed by atoms with Gasteiger partial charge in [-0.2, -0.15) is 0 Å². The molecule has 222 valence electrons. The lowest BCUT2D eigenvalue weighted by Gasteiger charge is -2.34. The average Bonchev–Trinajstić information content (AvgIpc) is 2.94. The van der Waals surface area contributed by atoms with Crippen LogP contribution in [0.4, 0.5) is 5.69 Å². The van der Waals surface area contributed by atoms with Crippen molar-refractivity contribution in [3.05, 3.63) is 48.0 Å². The molecule has 10 nitrogen and oxygen atoms in total. The van der Waals surface area contributed by atoms with Crippen LogP contribution in [0, 0.1) is 5.92 Å². The number of methoxy groups -OCH3 is 1. The highest BCUT2D eigenvalue weighted by atomic mass is 32.2. The summed E-state index contributed by atoms with van der Waals surface area (Å²) in [7, 11) is -0.562. The quantitative estimate of drug-likeness (QED) is 0.435. The van der Waals surface area contributed by atoms with E-state index in [4.69, 9.17) is 14.2 Å². The second kappa shape index (κ2) is 14.7. The molecule has 1 aliphatic rings. The van der Waals surface area contributed by atoms with Crippen LogP contribution < -0.4 is 19.5 Å². The van der Waals surface area contributed by atoms with Crippen LogP contribution in [0.15, 0.2) is 47.4 Å². The molecule has 3 N–H and O–H groups in total. The van der Waals surface area contributed by atoms with Crippen molar-refractivity contribution in [2.75, 3.05) is 45.2 Å². The molecule has 2 aromatic carbocycles. The molecule has 4 atom stereocenters. The number of amides is 1. The largest absolute Gasteiger partial charge is 0.497 e. The predicted octanol–water partition coefficient (Wildman–Crippen LogP) is 3.51. The molecule has 1 amide bonds. The van der Waals surface area contributed by atoms with Crippen molar-refractivity contribution in [1.29, 1.82) is 0 Å². The number of anilines is 1. The van der Waals surface area contributed by atoms with Gasteiger partial charge in [0.15, 0.2) is 0 Å². The van der Waals surface area contributed by atoms with Gasteiger partial charge in [0.2, 0.25) is 0 Å². The Kier molecular flexibility index (Phi) is 11.6. The Bertz CT molecular complexity index is 1210. The lowest BCUT2D eigenvalue weighted by Crippen LogP contribution is -2.47.